The predicted molar refractivity (Wildman–Crippen MR) is 147 cm³/mol. The van der Waals surface area contributed by atoms with Crippen molar-refractivity contribution in [2.45, 2.75) is 31.6 Å². The summed E-state index contributed by atoms with van der Waals surface area (Å²) in [5.41, 5.74) is 11.0. The SMILES string of the molecule is COc1ccc(C=NNC(=O)c2nnn(-c3nonc3N)c2CN2CCCCC2)cc1CSC1=NCCS1. The van der Waals surface area contributed by atoms with Crippen molar-refractivity contribution in [3.05, 3.63) is 40.7 Å². The molecular weight excluding hydrogens is 528 g/mol. The number of carbonyl (C=O) groups is 1. The first-order chi connectivity index (χ1) is 18.6. The summed E-state index contributed by atoms with van der Waals surface area (Å²) in [6.07, 6.45) is 4.96. The lowest BCUT2D eigenvalue weighted by atomic mass is 10.1. The van der Waals surface area contributed by atoms with Crippen molar-refractivity contribution < 1.29 is 14.2 Å². The van der Waals surface area contributed by atoms with Crippen LogP contribution in [0.3, 0.4) is 0 Å². The van der Waals surface area contributed by atoms with Gasteiger partial charge in [-0.25, -0.2) is 10.1 Å². The van der Waals surface area contributed by atoms with E-state index in [9.17, 15) is 4.79 Å². The Morgan fingerprint density at radius 2 is 2.18 bits per heavy atom. The number of nitrogens with two attached hydrogens (primary N) is 1. The highest BCUT2D eigenvalue weighted by atomic mass is 32.2. The van der Waals surface area contributed by atoms with Gasteiger partial charge in [0.25, 0.3) is 5.91 Å². The van der Waals surface area contributed by atoms with E-state index >= 15 is 0 Å². The molecular formula is C23H28N10O3S2. The highest BCUT2D eigenvalue weighted by Crippen LogP contribution is 2.29. The molecule has 0 atom stereocenters. The average Bonchev–Trinajstić information content (AvgIpc) is 3.70. The Balaban J connectivity index is 1.30. The lowest BCUT2D eigenvalue weighted by Gasteiger charge is -2.26. The monoisotopic (exact) mass is 556 g/mol. The zero-order valence-electron chi connectivity index (χ0n) is 20.9. The predicted octanol–water partition coefficient (Wildman–Crippen LogP) is 2.33. The molecule has 2 aliphatic rings. The molecule has 2 aromatic heterocycles. The first-order valence-corrected chi connectivity index (χ1v) is 14.1. The molecule has 0 saturated carbocycles. The normalized spacial score (nSPS) is 16.2. The Hall–Kier alpha value is -3.43. The van der Waals surface area contributed by atoms with Crippen LogP contribution < -0.4 is 15.9 Å². The van der Waals surface area contributed by atoms with E-state index in [0.29, 0.717) is 12.2 Å². The summed E-state index contributed by atoms with van der Waals surface area (Å²) in [6.45, 7) is 3.16. The lowest BCUT2D eigenvalue weighted by molar-refractivity contribution is 0.0947. The average molecular weight is 557 g/mol. The second kappa shape index (κ2) is 12.4. The summed E-state index contributed by atoms with van der Waals surface area (Å²) in [5.74, 6) is 2.32. The number of hydrogen-bond acceptors (Lipinski definition) is 13. The Labute approximate surface area is 227 Å². The molecule has 3 aromatic rings. The Kier molecular flexibility index (Phi) is 8.55. The number of ether oxygens (including phenoxy) is 1. The van der Waals surface area contributed by atoms with Crippen LogP contribution in [-0.4, -0.2) is 79.2 Å². The molecule has 0 spiro atoms. The smallest absolute Gasteiger partial charge is 0.293 e. The highest BCUT2D eigenvalue weighted by Gasteiger charge is 2.26. The fourth-order valence-electron chi connectivity index (χ4n) is 4.21. The van der Waals surface area contributed by atoms with Crippen LogP contribution in [0.1, 0.15) is 46.6 Å². The number of nitrogens with zero attached hydrogens (tertiary/aromatic N) is 8. The van der Waals surface area contributed by atoms with Gasteiger partial charge in [-0.1, -0.05) is 35.2 Å². The molecule has 1 aromatic carbocycles. The minimum Gasteiger partial charge on any atom is -0.496 e. The van der Waals surface area contributed by atoms with Gasteiger partial charge in [-0.05, 0) is 60.0 Å². The number of likely N-dealkylation sites (tertiary alicyclic amines) is 1. The number of nitrogens with one attached hydrogen (secondary N) is 1. The molecule has 1 saturated heterocycles. The van der Waals surface area contributed by atoms with Crippen molar-refractivity contribution in [3.63, 3.8) is 0 Å². The van der Waals surface area contributed by atoms with E-state index in [0.717, 1.165) is 65.2 Å². The number of nitrogen functional groups attached to an aromatic ring is 1. The van der Waals surface area contributed by atoms with Crippen LogP contribution in [0.4, 0.5) is 5.82 Å². The van der Waals surface area contributed by atoms with Crippen molar-refractivity contribution in [2.24, 2.45) is 10.1 Å². The Morgan fingerprint density at radius 1 is 1.32 bits per heavy atom. The summed E-state index contributed by atoms with van der Waals surface area (Å²) in [6, 6.07) is 5.75. The first-order valence-electron chi connectivity index (χ1n) is 12.2. The van der Waals surface area contributed by atoms with Gasteiger partial charge in [0, 0.05) is 23.6 Å². The van der Waals surface area contributed by atoms with Gasteiger partial charge in [-0.2, -0.15) is 9.78 Å². The van der Waals surface area contributed by atoms with E-state index in [1.165, 1.54) is 11.1 Å². The quantitative estimate of drug-likeness (QED) is 0.294. The number of aromatic nitrogens is 5. The maximum absolute atomic E-state index is 13.1. The summed E-state index contributed by atoms with van der Waals surface area (Å²) in [4.78, 5) is 19.8. The number of hydrogen-bond donors (Lipinski definition) is 2. The third kappa shape index (κ3) is 6.16. The molecule has 1 amide bonds. The molecule has 5 rings (SSSR count). The number of benzene rings is 1. The Bertz CT molecular complexity index is 1330. The molecule has 0 unspecified atom stereocenters. The van der Waals surface area contributed by atoms with E-state index in [-0.39, 0.29) is 17.3 Å². The number of thioether (sulfide) groups is 2. The van der Waals surface area contributed by atoms with Crippen LogP contribution in [0.15, 0.2) is 32.9 Å². The second-order valence-electron chi connectivity index (χ2n) is 8.66. The maximum atomic E-state index is 13.1. The number of hydrazone groups is 1. The zero-order chi connectivity index (χ0) is 26.3. The van der Waals surface area contributed by atoms with E-state index < -0.39 is 5.91 Å². The molecule has 0 radical (unpaired) electrons. The number of aliphatic imine (C=N–C) groups is 1. The number of amides is 1. The van der Waals surface area contributed by atoms with Gasteiger partial charge in [0.05, 0.1) is 25.6 Å². The summed E-state index contributed by atoms with van der Waals surface area (Å²) >= 11 is 3.46. The van der Waals surface area contributed by atoms with Gasteiger partial charge >= 0.3 is 0 Å². The number of piperidine rings is 1. The molecule has 200 valence electrons. The molecule has 4 heterocycles. The van der Waals surface area contributed by atoms with Crippen LogP contribution in [-0.2, 0) is 12.3 Å². The van der Waals surface area contributed by atoms with Crippen LogP contribution in [0, 0.1) is 0 Å². The van der Waals surface area contributed by atoms with Crippen LogP contribution in [0.5, 0.6) is 5.75 Å². The van der Waals surface area contributed by atoms with Gasteiger partial charge < -0.3 is 10.5 Å². The van der Waals surface area contributed by atoms with E-state index in [1.54, 1.807) is 36.8 Å². The van der Waals surface area contributed by atoms with Gasteiger partial charge in [0.1, 0.15) is 10.1 Å². The third-order valence-electron chi connectivity index (χ3n) is 6.09. The summed E-state index contributed by atoms with van der Waals surface area (Å²) in [7, 11) is 1.65. The first kappa shape index (κ1) is 26.2. The van der Waals surface area contributed by atoms with E-state index in [4.69, 9.17) is 15.1 Å². The third-order valence-corrected chi connectivity index (χ3v) is 8.39. The van der Waals surface area contributed by atoms with Crippen molar-refractivity contribution in [1.29, 1.82) is 0 Å². The molecule has 13 nitrogen and oxygen atoms in total. The number of methoxy groups -OCH3 is 1. The fraction of sp³-hybridized carbons (Fsp3) is 0.435. The van der Waals surface area contributed by atoms with Gasteiger partial charge in [0.15, 0.2) is 5.69 Å². The van der Waals surface area contributed by atoms with E-state index in [1.807, 2.05) is 18.2 Å². The molecule has 2 aliphatic heterocycles. The van der Waals surface area contributed by atoms with E-state index in [2.05, 4.69) is 41.0 Å². The maximum Gasteiger partial charge on any atom is 0.293 e. The second-order valence-corrected chi connectivity index (χ2v) is 11.0. The molecule has 0 bridgehead atoms. The summed E-state index contributed by atoms with van der Waals surface area (Å²) < 4.78 is 12.7. The number of carbonyl (C=O) groups excluding carboxylic acids is 1. The number of rotatable bonds is 9. The molecule has 38 heavy (non-hydrogen) atoms. The molecule has 1 fully saturated rings. The Morgan fingerprint density at radius 3 is 2.92 bits per heavy atom. The standard InChI is InChI=1S/C23H28N10O3S2/c1-35-18-6-5-15(11-16(18)14-38-23-25-7-10-37-23)12-26-28-22(34)19-17(13-32-8-3-2-4-9-32)33(31-27-19)21-20(24)29-36-30-21/h5-6,11-12H,2-4,7-10,13-14H2,1H3,(H2,24,29)(H,28,34). The summed E-state index contributed by atoms with van der Waals surface area (Å²) in [5, 5.41) is 19.8. The van der Waals surface area contributed by atoms with Crippen molar-refractivity contribution in [2.75, 3.05) is 38.2 Å². The van der Waals surface area contributed by atoms with Crippen molar-refractivity contribution in [3.8, 4) is 11.6 Å². The topological polar surface area (TPSA) is 162 Å². The zero-order valence-corrected chi connectivity index (χ0v) is 22.5. The molecule has 0 aliphatic carbocycles. The largest absolute Gasteiger partial charge is 0.496 e. The van der Waals surface area contributed by atoms with Gasteiger partial charge in [0.2, 0.25) is 11.6 Å². The fourth-order valence-corrected chi connectivity index (χ4v) is 6.20. The minimum absolute atomic E-state index is 0.0619. The molecule has 15 heteroatoms. The van der Waals surface area contributed by atoms with Crippen LogP contribution in [0.25, 0.3) is 5.82 Å². The van der Waals surface area contributed by atoms with Gasteiger partial charge in [-0.3, -0.25) is 14.7 Å². The van der Waals surface area contributed by atoms with Crippen molar-refractivity contribution in [1.82, 2.24) is 35.6 Å². The van der Waals surface area contributed by atoms with Crippen molar-refractivity contribution >= 4 is 45.8 Å². The molecule has 3 N–H and O–H groups in total. The lowest BCUT2D eigenvalue weighted by Crippen LogP contribution is -2.31. The highest BCUT2D eigenvalue weighted by molar-refractivity contribution is 8.38. The van der Waals surface area contributed by atoms with Crippen LogP contribution >= 0.6 is 23.5 Å². The van der Waals surface area contributed by atoms with Crippen LogP contribution in [0.2, 0.25) is 0 Å². The number of anilines is 1. The minimum atomic E-state index is -0.491. The van der Waals surface area contributed by atoms with Gasteiger partial charge in [-0.15, -0.1) is 5.10 Å².